The molecule has 0 aromatic heterocycles. The molecule has 2 heterocycles. The Morgan fingerprint density at radius 3 is 2.38 bits per heavy atom. The van der Waals surface area contributed by atoms with Crippen molar-refractivity contribution in [1.29, 1.82) is 0 Å². The lowest BCUT2D eigenvalue weighted by Crippen LogP contribution is -2.47. The summed E-state index contributed by atoms with van der Waals surface area (Å²) in [6.07, 6.45) is 8.35. The largest absolute Gasteiger partial charge is 0.314 e. The minimum absolute atomic E-state index is 0.806. The van der Waals surface area contributed by atoms with Gasteiger partial charge in [-0.1, -0.05) is 13.8 Å². The van der Waals surface area contributed by atoms with Crippen LogP contribution in [0.2, 0.25) is 0 Å². The van der Waals surface area contributed by atoms with Gasteiger partial charge in [-0.3, -0.25) is 0 Å². The van der Waals surface area contributed by atoms with E-state index in [1.54, 1.807) is 0 Å². The van der Waals surface area contributed by atoms with E-state index in [0.29, 0.717) is 0 Å². The van der Waals surface area contributed by atoms with Gasteiger partial charge in [0.2, 0.25) is 0 Å². The first-order chi connectivity index (χ1) is 7.66. The van der Waals surface area contributed by atoms with Crippen molar-refractivity contribution in [3.63, 3.8) is 0 Å². The van der Waals surface area contributed by atoms with Gasteiger partial charge in [-0.05, 0) is 58.0 Å². The van der Waals surface area contributed by atoms with E-state index >= 15 is 0 Å². The second kappa shape index (κ2) is 5.50. The molecule has 2 bridgehead atoms. The lowest BCUT2D eigenvalue weighted by Gasteiger charge is -2.36. The van der Waals surface area contributed by atoms with Crippen LogP contribution in [-0.2, 0) is 0 Å². The van der Waals surface area contributed by atoms with Gasteiger partial charge in [-0.25, -0.2) is 0 Å². The maximum absolute atomic E-state index is 3.77. The van der Waals surface area contributed by atoms with Gasteiger partial charge in [0.25, 0.3) is 0 Å². The first-order valence-electron chi connectivity index (χ1n) is 7.12. The topological polar surface area (TPSA) is 15.3 Å². The monoisotopic (exact) mass is 224 g/mol. The molecule has 2 atom stereocenters. The fourth-order valence-corrected chi connectivity index (χ4v) is 3.39. The number of nitrogens with zero attached hydrogens (tertiary/aromatic N) is 1. The highest BCUT2D eigenvalue weighted by molar-refractivity contribution is 4.95. The Morgan fingerprint density at radius 1 is 1.19 bits per heavy atom. The summed E-state index contributed by atoms with van der Waals surface area (Å²) in [6, 6.07) is 2.56. The highest BCUT2D eigenvalue weighted by Gasteiger charge is 2.37. The van der Waals surface area contributed by atoms with Crippen LogP contribution in [0.15, 0.2) is 0 Å². The number of piperidine rings is 1. The van der Waals surface area contributed by atoms with Crippen LogP contribution >= 0.6 is 0 Å². The number of rotatable bonds is 5. The molecule has 0 amide bonds. The van der Waals surface area contributed by atoms with Gasteiger partial charge in [-0.15, -0.1) is 0 Å². The smallest absolute Gasteiger partial charge is 0.0111 e. The quantitative estimate of drug-likeness (QED) is 0.722. The van der Waals surface area contributed by atoms with Crippen molar-refractivity contribution in [1.82, 2.24) is 10.2 Å². The predicted octanol–water partition coefficient (Wildman–Crippen LogP) is 2.64. The van der Waals surface area contributed by atoms with Gasteiger partial charge in [0.1, 0.15) is 0 Å². The third kappa shape index (κ3) is 2.98. The van der Waals surface area contributed by atoms with E-state index in [-0.39, 0.29) is 0 Å². The zero-order valence-corrected chi connectivity index (χ0v) is 11.2. The zero-order valence-electron chi connectivity index (χ0n) is 11.2. The molecular weight excluding hydrogens is 196 g/mol. The number of hydrogen-bond donors (Lipinski definition) is 1. The molecule has 2 heteroatoms. The molecule has 2 nitrogen and oxygen atoms in total. The highest BCUT2D eigenvalue weighted by atomic mass is 15.2. The van der Waals surface area contributed by atoms with Crippen molar-refractivity contribution >= 4 is 0 Å². The van der Waals surface area contributed by atoms with Gasteiger partial charge in [-0.2, -0.15) is 0 Å². The van der Waals surface area contributed by atoms with Crippen molar-refractivity contribution in [2.24, 2.45) is 5.92 Å². The minimum Gasteiger partial charge on any atom is -0.314 e. The molecule has 2 rings (SSSR count). The number of fused-ring (bicyclic) bond motifs is 2. The van der Waals surface area contributed by atoms with Gasteiger partial charge in [0.15, 0.2) is 0 Å². The van der Waals surface area contributed by atoms with Gasteiger partial charge >= 0.3 is 0 Å². The average Bonchev–Trinajstić information content (AvgIpc) is 2.50. The van der Waals surface area contributed by atoms with E-state index in [9.17, 15) is 0 Å². The summed E-state index contributed by atoms with van der Waals surface area (Å²) >= 11 is 0. The van der Waals surface area contributed by atoms with Crippen LogP contribution in [0, 0.1) is 5.92 Å². The van der Waals surface area contributed by atoms with Crippen LogP contribution < -0.4 is 5.32 Å². The zero-order chi connectivity index (χ0) is 11.5. The van der Waals surface area contributed by atoms with Crippen molar-refractivity contribution in [3.05, 3.63) is 0 Å². The SMILES string of the molecule is CC(C)CCCNC1CC2CCC(C1)N2C. The second-order valence-corrected chi connectivity index (χ2v) is 6.21. The summed E-state index contributed by atoms with van der Waals surface area (Å²) in [4.78, 5) is 2.62. The molecule has 0 radical (unpaired) electrons. The van der Waals surface area contributed by atoms with Crippen molar-refractivity contribution in [2.45, 2.75) is 70.5 Å². The number of nitrogens with one attached hydrogen (secondary N) is 1. The Labute approximate surface area is 101 Å². The molecule has 0 aromatic carbocycles. The molecule has 0 aliphatic carbocycles. The minimum atomic E-state index is 0.806. The van der Waals surface area contributed by atoms with Gasteiger partial charge < -0.3 is 10.2 Å². The Balaban J connectivity index is 1.65. The summed E-state index contributed by atoms with van der Waals surface area (Å²) < 4.78 is 0. The summed E-state index contributed by atoms with van der Waals surface area (Å²) in [5.74, 6) is 0.857. The third-order valence-electron chi connectivity index (χ3n) is 4.49. The van der Waals surface area contributed by atoms with E-state index < -0.39 is 0 Å². The molecule has 0 spiro atoms. The second-order valence-electron chi connectivity index (χ2n) is 6.21. The standard InChI is InChI=1S/C14H28N2/c1-11(2)5-4-8-15-12-9-13-6-7-14(10-12)16(13)3/h11-15H,4-10H2,1-3H3. The summed E-state index contributed by atoms with van der Waals surface area (Å²) in [5.41, 5.74) is 0. The normalized spacial score (nSPS) is 34.9. The van der Waals surface area contributed by atoms with Crippen LogP contribution in [0.5, 0.6) is 0 Å². The molecule has 2 unspecified atom stereocenters. The fraction of sp³-hybridized carbons (Fsp3) is 1.00. The van der Waals surface area contributed by atoms with E-state index in [4.69, 9.17) is 0 Å². The maximum Gasteiger partial charge on any atom is 0.0111 e. The molecule has 2 saturated heterocycles. The van der Waals surface area contributed by atoms with Crippen molar-refractivity contribution < 1.29 is 0 Å². The molecule has 1 N–H and O–H groups in total. The highest BCUT2D eigenvalue weighted by Crippen LogP contribution is 2.34. The van der Waals surface area contributed by atoms with E-state index in [1.165, 1.54) is 45.1 Å². The average molecular weight is 224 g/mol. The fourth-order valence-electron chi connectivity index (χ4n) is 3.39. The van der Waals surface area contributed by atoms with Crippen LogP contribution in [-0.4, -0.2) is 36.6 Å². The Bertz CT molecular complexity index is 201. The number of hydrogen-bond acceptors (Lipinski definition) is 2. The Morgan fingerprint density at radius 2 is 1.81 bits per heavy atom. The Hall–Kier alpha value is -0.0800. The predicted molar refractivity (Wildman–Crippen MR) is 69.7 cm³/mol. The molecule has 2 aliphatic heterocycles. The van der Waals surface area contributed by atoms with E-state index in [0.717, 1.165) is 24.0 Å². The van der Waals surface area contributed by atoms with Crippen molar-refractivity contribution in [2.75, 3.05) is 13.6 Å². The lowest BCUT2D eigenvalue weighted by molar-refractivity contribution is 0.148. The Kier molecular flexibility index (Phi) is 4.26. The van der Waals surface area contributed by atoms with Crippen LogP contribution in [0.3, 0.4) is 0 Å². The first kappa shape index (κ1) is 12.4. The molecular formula is C14H28N2. The summed E-state index contributed by atoms with van der Waals surface area (Å²) in [7, 11) is 2.32. The molecule has 94 valence electrons. The summed E-state index contributed by atoms with van der Waals surface area (Å²) in [5, 5.41) is 3.77. The van der Waals surface area contributed by atoms with Gasteiger partial charge in [0.05, 0.1) is 0 Å². The van der Waals surface area contributed by atoms with Crippen LogP contribution in [0.4, 0.5) is 0 Å². The van der Waals surface area contributed by atoms with Gasteiger partial charge in [0, 0.05) is 18.1 Å². The molecule has 2 fully saturated rings. The first-order valence-corrected chi connectivity index (χ1v) is 7.12. The van der Waals surface area contributed by atoms with Crippen molar-refractivity contribution in [3.8, 4) is 0 Å². The van der Waals surface area contributed by atoms with E-state index in [2.05, 4.69) is 31.1 Å². The molecule has 16 heavy (non-hydrogen) atoms. The summed E-state index contributed by atoms with van der Waals surface area (Å²) in [6.45, 7) is 5.86. The van der Waals surface area contributed by atoms with Crippen LogP contribution in [0.25, 0.3) is 0 Å². The molecule has 0 aromatic rings. The third-order valence-corrected chi connectivity index (χ3v) is 4.49. The van der Waals surface area contributed by atoms with E-state index in [1.807, 2.05) is 0 Å². The lowest BCUT2D eigenvalue weighted by atomic mass is 9.98. The molecule has 2 aliphatic rings. The molecule has 0 saturated carbocycles. The van der Waals surface area contributed by atoms with Crippen LogP contribution in [0.1, 0.15) is 52.4 Å². The maximum atomic E-state index is 3.77.